The van der Waals surface area contributed by atoms with E-state index >= 15 is 0 Å². The number of fused-ring (bicyclic) bond motifs is 3. The second-order valence-electron chi connectivity index (χ2n) is 6.72. The van der Waals surface area contributed by atoms with Crippen LogP contribution in [0.25, 0.3) is 21.7 Å². The SMILES string of the molecule is COc1cc(OC(C)=O)c2c(oc(=O)c3c(OC(C)=O)cc(OC(C)=O)cc32)c1OC(C)=O. The minimum atomic E-state index is -0.974. The second kappa shape index (κ2) is 8.99. The summed E-state index contributed by atoms with van der Waals surface area (Å²) in [4.78, 5) is 59.6. The Kier molecular flexibility index (Phi) is 6.33. The maximum atomic E-state index is 12.9. The standard InChI is InChI=1S/C22H18O11/c1-9(23)29-13-6-14-18-16(31-11(3)25)8-17(28-5)20(32-12(4)26)21(18)33-22(27)19(14)15(7-13)30-10(2)24/h6-8H,1-5H3. The molecule has 0 bridgehead atoms. The van der Waals surface area contributed by atoms with Crippen molar-refractivity contribution in [2.45, 2.75) is 27.7 Å². The highest BCUT2D eigenvalue weighted by molar-refractivity contribution is 6.13. The fraction of sp³-hybridized carbons (Fsp3) is 0.227. The van der Waals surface area contributed by atoms with Crippen molar-refractivity contribution >= 4 is 45.6 Å². The van der Waals surface area contributed by atoms with Gasteiger partial charge in [-0.3, -0.25) is 19.2 Å². The molecule has 0 N–H and O–H groups in total. The first-order valence-electron chi connectivity index (χ1n) is 9.41. The van der Waals surface area contributed by atoms with E-state index in [-0.39, 0.29) is 50.5 Å². The Hall–Kier alpha value is -4.41. The Labute approximate surface area is 185 Å². The van der Waals surface area contributed by atoms with Crippen LogP contribution in [0.1, 0.15) is 27.7 Å². The number of rotatable bonds is 5. The summed E-state index contributed by atoms with van der Waals surface area (Å²) in [6, 6.07) is 3.71. The highest BCUT2D eigenvalue weighted by Gasteiger charge is 2.26. The van der Waals surface area contributed by atoms with E-state index in [1.807, 2.05) is 0 Å². The molecule has 0 saturated carbocycles. The molecule has 0 spiro atoms. The van der Waals surface area contributed by atoms with Gasteiger partial charge in [-0.15, -0.1) is 0 Å². The maximum absolute atomic E-state index is 12.9. The van der Waals surface area contributed by atoms with Crippen molar-refractivity contribution in [2.75, 3.05) is 7.11 Å². The van der Waals surface area contributed by atoms with E-state index in [1.165, 1.54) is 19.2 Å². The molecule has 1 heterocycles. The largest absolute Gasteiger partial charge is 0.493 e. The van der Waals surface area contributed by atoms with Gasteiger partial charge in [0.15, 0.2) is 11.3 Å². The lowest BCUT2D eigenvalue weighted by atomic mass is 10.0. The first-order valence-corrected chi connectivity index (χ1v) is 9.41. The van der Waals surface area contributed by atoms with E-state index in [0.29, 0.717) is 0 Å². The summed E-state index contributed by atoms with van der Waals surface area (Å²) in [7, 11) is 1.27. The van der Waals surface area contributed by atoms with Crippen LogP contribution in [0.3, 0.4) is 0 Å². The molecule has 0 amide bonds. The van der Waals surface area contributed by atoms with E-state index in [0.717, 1.165) is 33.8 Å². The Bertz CT molecular complexity index is 1380. The average molecular weight is 458 g/mol. The highest BCUT2D eigenvalue weighted by Crippen LogP contribution is 2.46. The van der Waals surface area contributed by atoms with Crippen LogP contribution in [0, 0.1) is 0 Å². The molecular weight excluding hydrogens is 440 g/mol. The molecule has 33 heavy (non-hydrogen) atoms. The Morgan fingerprint density at radius 2 is 1.24 bits per heavy atom. The van der Waals surface area contributed by atoms with Crippen molar-refractivity contribution in [3.63, 3.8) is 0 Å². The van der Waals surface area contributed by atoms with Gasteiger partial charge in [0.1, 0.15) is 22.6 Å². The number of ether oxygens (including phenoxy) is 5. The summed E-state index contributed by atoms with van der Waals surface area (Å²) in [5.74, 6) is -3.66. The third-order valence-electron chi connectivity index (χ3n) is 4.14. The quantitative estimate of drug-likeness (QED) is 0.241. The lowest BCUT2D eigenvalue weighted by Crippen LogP contribution is -2.11. The summed E-state index contributed by atoms with van der Waals surface area (Å²) in [6.45, 7) is 4.54. The van der Waals surface area contributed by atoms with Crippen LogP contribution < -0.4 is 29.3 Å². The molecule has 0 saturated heterocycles. The number of hydrogen-bond acceptors (Lipinski definition) is 11. The number of benzene rings is 2. The summed E-state index contributed by atoms with van der Waals surface area (Å²) in [5.41, 5.74) is -1.26. The lowest BCUT2D eigenvalue weighted by Gasteiger charge is -2.16. The molecule has 11 heteroatoms. The zero-order chi connectivity index (χ0) is 24.4. The number of carbonyl (C=O) groups is 4. The maximum Gasteiger partial charge on any atom is 0.348 e. The molecule has 0 unspecified atom stereocenters. The molecule has 3 rings (SSSR count). The van der Waals surface area contributed by atoms with E-state index in [2.05, 4.69) is 0 Å². The summed E-state index contributed by atoms with van der Waals surface area (Å²) in [5, 5.41) is -0.177. The van der Waals surface area contributed by atoms with Gasteiger partial charge in [0, 0.05) is 45.2 Å². The van der Waals surface area contributed by atoms with Crippen LogP contribution in [-0.4, -0.2) is 31.0 Å². The summed E-state index contributed by atoms with van der Waals surface area (Å²) < 4.78 is 31.3. The minimum absolute atomic E-state index is 0.000691. The van der Waals surface area contributed by atoms with Gasteiger partial charge in [-0.05, 0) is 6.07 Å². The lowest BCUT2D eigenvalue weighted by molar-refractivity contribution is -0.133. The van der Waals surface area contributed by atoms with Gasteiger partial charge in [-0.2, -0.15) is 0 Å². The molecule has 0 radical (unpaired) electrons. The van der Waals surface area contributed by atoms with Gasteiger partial charge in [-0.1, -0.05) is 0 Å². The van der Waals surface area contributed by atoms with Crippen molar-refractivity contribution < 1.29 is 47.3 Å². The first kappa shape index (κ1) is 23.3. The van der Waals surface area contributed by atoms with Gasteiger partial charge >= 0.3 is 29.5 Å². The monoisotopic (exact) mass is 458 g/mol. The molecule has 2 aromatic carbocycles. The smallest absolute Gasteiger partial charge is 0.348 e. The van der Waals surface area contributed by atoms with E-state index < -0.39 is 29.5 Å². The zero-order valence-corrected chi connectivity index (χ0v) is 18.2. The topological polar surface area (TPSA) is 145 Å². The fourth-order valence-corrected chi connectivity index (χ4v) is 3.18. The summed E-state index contributed by atoms with van der Waals surface area (Å²) >= 11 is 0. The molecule has 0 fully saturated rings. The third-order valence-corrected chi connectivity index (χ3v) is 4.14. The molecule has 11 nitrogen and oxygen atoms in total. The number of methoxy groups -OCH3 is 1. The molecular formula is C22H18O11. The second-order valence-corrected chi connectivity index (χ2v) is 6.72. The van der Waals surface area contributed by atoms with Crippen LogP contribution in [-0.2, 0) is 19.2 Å². The highest BCUT2D eigenvalue weighted by atomic mass is 16.6. The zero-order valence-electron chi connectivity index (χ0n) is 18.2. The fourth-order valence-electron chi connectivity index (χ4n) is 3.18. The molecule has 0 aliphatic heterocycles. The van der Waals surface area contributed by atoms with Gasteiger partial charge in [-0.25, -0.2) is 4.79 Å². The Morgan fingerprint density at radius 3 is 1.76 bits per heavy atom. The van der Waals surface area contributed by atoms with Gasteiger partial charge in [0.25, 0.3) is 0 Å². The molecule has 0 atom stereocenters. The number of hydrogen-bond donors (Lipinski definition) is 0. The van der Waals surface area contributed by atoms with Crippen LogP contribution in [0.5, 0.6) is 28.7 Å². The van der Waals surface area contributed by atoms with Crippen LogP contribution in [0.4, 0.5) is 0 Å². The third kappa shape index (κ3) is 4.76. The van der Waals surface area contributed by atoms with Gasteiger partial charge < -0.3 is 28.1 Å². The normalized spacial score (nSPS) is 10.6. The Balaban J connectivity index is 2.60. The van der Waals surface area contributed by atoms with Crippen molar-refractivity contribution in [2.24, 2.45) is 0 Å². The van der Waals surface area contributed by atoms with Crippen LogP contribution in [0.15, 0.2) is 27.4 Å². The molecule has 0 aliphatic rings. The van der Waals surface area contributed by atoms with E-state index in [9.17, 15) is 24.0 Å². The van der Waals surface area contributed by atoms with Crippen molar-refractivity contribution in [1.82, 2.24) is 0 Å². The van der Waals surface area contributed by atoms with E-state index in [4.69, 9.17) is 28.1 Å². The Morgan fingerprint density at radius 1 is 0.697 bits per heavy atom. The van der Waals surface area contributed by atoms with Crippen LogP contribution >= 0.6 is 0 Å². The van der Waals surface area contributed by atoms with E-state index in [1.54, 1.807) is 0 Å². The van der Waals surface area contributed by atoms with Gasteiger partial charge in [0.2, 0.25) is 5.75 Å². The average Bonchev–Trinajstić information content (AvgIpc) is 2.67. The van der Waals surface area contributed by atoms with Crippen molar-refractivity contribution in [3.05, 3.63) is 28.6 Å². The van der Waals surface area contributed by atoms with Crippen molar-refractivity contribution in [1.29, 1.82) is 0 Å². The minimum Gasteiger partial charge on any atom is -0.493 e. The predicted octanol–water partition coefficient (Wildman–Crippen LogP) is 2.66. The number of esters is 4. The first-order chi connectivity index (χ1) is 15.5. The molecule has 0 aliphatic carbocycles. The van der Waals surface area contributed by atoms with Crippen molar-refractivity contribution in [3.8, 4) is 28.7 Å². The molecule has 172 valence electrons. The summed E-state index contributed by atoms with van der Waals surface area (Å²) in [6.07, 6.45) is 0. The molecule has 1 aromatic heterocycles. The number of carbonyl (C=O) groups excluding carboxylic acids is 4. The predicted molar refractivity (Wildman–Crippen MR) is 112 cm³/mol. The van der Waals surface area contributed by atoms with Crippen LogP contribution in [0.2, 0.25) is 0 Å². The van der Waals surface area contributed by atoms with Gasteiger partial charge in [0.05, 0.1) is 12.5 Å². The molecule has 3 aromatic rings.